The molecule has 2 aliphatic rings. The first-order valence-corrected chi connectivity index (χ1v) is 8.99. The Balaban J connectivity index is 1.33. The van der Waals surface area contributed by atoms with Gasteiger partial charge in [0.25, 0.3) is 0 Å². The molecule has 0 radical (unpaired) electrons. The molecule has 1 N–H and O–H groups in total. The molecule has 0 bridgehead atoms. The molecule has 0 saturated heterocycles. The topological polar surface area (TPSA) is 38.1 Å². The average molecular weight is 318 g/mol. The maximum Gasteiger partial charge on any atom is 0.167 e. The minimum Gasteiger partial charge on any atom is -0.356 e. The van der Waals surface area contributed by atoms with E-state index in [9.17, 15) is 0 Å². The van der Waals surface area contributed by atoms with Crippen molar-refractivity contribution in [1.82, 2.24) is 10.5 Å². The van der Waals surface area contributed by atoms with E-state index in [1.165, 1.54) is 36.6 Å². The average Bonchev–Trinajstić information content (AvgIpc) is 3.25. The third-order valence-electron chi connectivity index (χ3n) is 5.91. The second-order valence-electron chi connectivity index (χ2n) is 7.40. The summed E-state index contributed by atoms with van der Waals surface area (Å²) >= 11 is 0. The summed E-state index contributed by atoms with van der Waals surface area (Å²) in [5, 5.41) is 9.46. The minimum absolute atomic E-state index is 0.163. The summed E-state index contributed by atoms with van der Waals surface area (Å²) in [6.07, 6.45) is 4.95. The molecule has 2 aromatic carbocycles. The fourth-order valence-corrected chi connectivity index (χ4v) is 4.18. The Morgan fingerprint density at radius 2 is 1.83 bits per heavy atom. The van der Waals surface area contributed by atoms with E-state index in [0.29, 0.717) is 12.0 Å². The van der Waals surface area contributed by atoms with Crippen LogP contribution in [0.1, 0.15) is 42.9 Å². The van der Waals surface area contributed by atoms with Crippen LogP contribution in [0.5, 0.6) is 0 Å². The molecule has 122 valence electrons. The fraction of sp³-hybridized carbons (Fsp3) is 0.381. The van der Waals surface area contributed by atoms with Crippen LogP contribution < -0.4 is 5.32 Å². The lowest BCUT2D eigenvalue weighted by Crippen LogP contribution is -2.45. The molecule has 1 heterocycles. The van der Waals surface area contributed by atoms with Gasteiger partial charge in [-0.2, -0.15) is 0 Å². The predicted octanol–water partition coefficient (Wildman–Crippen LogP) is 4.40. The number of nitrogens with one attached hydrogen (secondary N) is 1. The first-order valence-electron chi connectivity index (χ1n) is 8.99. The Kier molecular flexibility index (Phi) is 3.23. The highest BCUT2D eigenvalue weighted by molar-refractivity contribution is 5.80. The Bertz CT molecular complexity index is 850. The minimum atomic E-state index is 0.163. The molecule has 5 rings (SSSR count). The molecule has 2 fully saturated rings. The number of hydrogen-bond acceptors (Lipinski definition) is 3. The number of aromatic nitrogens is 1. The number of benzene rings is 2. The Morgan fingerprint density at radius 3 is 2.62 bits per heavy atom. The molecule has 2 saturated carbocycles. The van der Waals surface area contributed by atoms with Crippen LogP contribution in [0.15, 0.2) is 59.1 Å². The molecule has 0 amide bonds. The van der Waals surface area contributed by atoms with E-state index < -0.39 is 0 Å². The molecule has 0 spiro atoms. The van der Waals surface area contributed by atoms with E-state index in [1.807, 2.05) is 12.1 Å². The van der Waals surface area contributed by atoms with Crippen molar-refractivity contribution in [2.75, 3.05) is 6.54 Å². The van der Waals surface area contributed by atoms with Gasteiger partial charge in [-0.15, -0.1) is 0 Å². The molecule has 3 heteroatoms. The molecule has 24 heavy (non-hydrogen) atoms. The zero-order valence-corrected chi connectivity index (χ0v) is 13.7. The zero-order valence-electron chi connectivity index (χ0n) is 13.7. The highest BCUT2D eigenvalue weighted by atomic mass is 16.5. The van der Waals surface area contributed by atoms with Gasteiger partial charge in [-0.1, -0.05) is 54.0 Å². The van der Waals surface area contributed by atoms with Gasteiger partial charge in [-0.05, 0) is 37.0 Å². The first kappa shape index (κ1) is 14.2. The summed E-state index contributed by atoms with van der Waals surface area (Å²) in [7, 11) is 0. The number of para-hydroxylation sites is 1. The maximum absolute atomic E-state index is 5.57. The van der Waals surface area contributed by atoms with Crippen molar-refractivity contribution >= 4 is 11.0 Å². The number of fused-ring (bicyclic) bond motifs is 1. The highest BCUT2D eigenvalue weighted by Crippen LogP contribution is 2.47. The van der Waals surface area contributed by atoms with Crippen LogP contribution in [-0.2, 0) is 5.41 Å². The van der Waals surface area contributed by atoms with Crippen LogP contribution in [0.4, 0.5) is 0 Å². The van der Waals surface area contributed by atoms with Crippen LogP contribution in [0.3, 0.4) is 0 Å². The van der Waals surface area contributed by atoms with Gasteiger partial charge < -0.3 is 9.84 Å². The fourth-order valence-electron chi connectivity index (χ4n) is 4.18. The first-order chi connectivity index (χ1) is 11.9. The lowest BCUT2D eigenvalue weighted by atomic mass is 9.66. The Morgan fingerprint density at radius 1 is 1.04 bits per heavy atom. The van der Waals surface area contributed by atoms with Crippen molar-refractivity contribution in [2.24, 2.45) is 0 Å². The third-order valence-corrected chi connectivity index (χ3v) is 5.91. The molecule has 1 aromatic heterocycles. The largest absolute Gasteiger partial charge is 0.356 e. The summed E-state index contributed by atoms with van der Waals surface area (Å²) in [4.78, 5) is 0. The standard InChI is InChI=1S/C21H22N2O/c1-2-7-15(8-3-1)17-13-18(17)22-14-21(11-6-12-21)20-16-9-4-5-10-19(16)24-23-20/h1-5,7-10,17-18,22H,6,11-14H2/t17?,18-/m0/s1. The molecule has 3 nitrogen and oxygen atoms in total. The van der Waals surface area contributed by atoms with Crippen molar-refractivity contribution in [2.45, 2.75) is 43.1 Å². The number of rotatable bonds is 5. The van der Waals surface area contributed by atoms with Gasteiger partial charge >= 0.3 is 0 Å². The molecule has 3 aromatic rings. The quantitative estimate of drug-likeness (QED) is 0.758. The normalized spacial score (nSPS) is 24.7. The van der Waals surface area contributed by atoms with Crippen molar-refractivity contribution in [3.05, 3.63) is 65.9 Å². The smallest absolute Gasteiger partial charge is 0.167 e. The Labute approximate surface area is 142 Å². The van der Waals surface area contributed by atoms with Crippen molar-refractivity contribution in [3.63, 3.8) is 0 Å². The summed E-state index contributed by atoms with van der Waals surface area (Å²) in [5.74, 6) is 0.678. The molecular formula is C21H22N2O. The number of nitrogens with zero attached hydrogens (tertiary/aromatic N) is 1. The second kappa shape index (κ2) is 5.45. The summed E-state index contributed by atoms with van der Waals surface area (Å²) < 4.78 is 5.57. The van der Waals surface area contributed by atoms with E-state index in [4.69, 9.17) is 4.52 Å². The third kappa shape index (κ3) is 2.27. The van der Waals surface area contributed by atoms with Crippen LogP contribution in [0.2, 0.25) is 0 Å². The molecule has 2 atom stereocenters. The van der Waals surface area contributed by atoms with Crippen LogP contribution in [0, 0.1) is 0 Å². The number of hydrogen-bond donors (Lipinski definition) is 1. The van der Waals surface area contributed by atoms with E-state index in [0.717, 1.165) is 17.8 Å². The highest BCUT2D eigenvalue weighted by Gasteiger charge is 2.45. The van der Waals surface area contributed by atoms with Gasteiger partial charge in [0.15, 0.2) is 5.58 Å². The zero-order chi connectivity index (χ0) is 16.0. The lowest BCUT2D eigenvalue weighted by molar-refractivity contribution is 0.218. The van der Waals surface area contributed by atoms with Crippen LogP contribution >= 0.6 is 0 Å². The summed E-state index contributed by atoms with van der Waals surface area (Å²) in [6.45, 7) is 1.01. The molecular weight excluding hydrogens is 296 g/mol. The maximum atomic E-state index is 5.57. The van der Waals surface area contributed by atoms with E-state index >= 15 is 0 Å². The summed E-state index contributed by atoms with van der Waals surface area (Å²) in [5.41, 5.74) is 3.70. The summed E-state index contributed by atoms with van der Waals surface area (Å²) in [6, 6.07) is 19.7. The molecule has 0 aliphatic heterocycles. The van der Waals surface area contributed by atoms with Crippen LogP contribution in [-0.4, -0.2) is 17.7 Å². The lowest BCUT2D eigenvalue weighted by Gasteiger charge is -2.40. The molecule has 2 aliphatic carbocycles. The van der Waals surface area contributed by atoms with Gasteiger partial charge in [-0.25, -0.2) is 0 Å². The molecule has 1 unspecified atom stereocenters. The van der Waals surface area contributed by atoms with E-state index in [1.54, 1.807) is 0 Å². The van der Waals surface area contributed by atoms with Gasteiger partial charge in [0.2, 0.25) is 0 Å². The van der Waals surface area contributed by atoms with Gasteiger partial charge in [0.1, 0.15) is 0 Å². The van der Waals surface area contributed by atoms with E-state index in [-0.39, 0.29) is 5.41 Å². The SMILES string of the molecule is c1ccc(C2C[C@@H]2NCC2(c3noc4ccccc34)CCC2)cc1. The van der Waals surface area contributed by atoms with Crippen molar-refractivity contribution < 1.29 is 4.52 Å². The van der Waals surface area contributed by atoms with Gasteiger partial charge in [0, 0.05) is 29.3 Å². The monoisotopic (exact) mass is 318 g/mol. The predicted molar refractivity (Wildman–Crippen MR) is 95.1 cm³/mol. The van der Waals surface area contributed by atoms with Crippen molar-refractivity contribution in [1.29, 1.82) is 0 Å². The van der Waals surface area contributed by atoms with Gasteiger partial charge in [-0.3, -0.25) is 0 Å². The van der Waals surface area contributed by atoms with Gasteiger partial charge in [0.05, 0.1) is 5.69 Å². The Hall–Kier alpha value is -2.13. The van der Waals surface area contributed by atoms with Crippen molar-refractivity contribution in [3.8, 4) is 0 Å². The van der Waals surface area contributed by atoms with E-state index in [2.05, 4.69) is 52.9 Å². The second-order valence-corrected chi connectivity index (χ2v) is 7.40. The van der Waals surface area contributed by atoms with Crippen LogP contribution in [0.25, 0.3) is 11.0 Å².